The zero-order chi connectivity index (χ0) is 36.8. The summed E-state index contributed by atoms with van der Waals surface area (Å²) in [6.07, 6.45) is -0.0112. The second kappa shape index (κ2) is 19.6. The van der Waals surface area contributed by atoms with Gasteiger partial charge in [0.25, 0.3) is 0 Å². The third kappa shape index (κ3) is 13.9. The van der Waals surface area contributed by atoms with Crippen LogP contribution >= 0.6 is 0 Å². The van der Waals surface area contributed by atoms with E-state index in [1.807, 2.05) is 0 Å². The molecule has 1 aromatic carbocycles. The summed E-state index contributed by atoms with van der Waals surface area (Å²) in [5.74, 6) is -4.45. The van der Waals surface area contributed by atoms with E-state index in [1.165, 1.54) is 0 Å². The molecule has 2 saturated heterocycles. The van der Waals surface area contributed by atoms with E-state index in [9.17, 15) is 41.5 Å². The fourth-order valence-electron chi connectivity index (χ4n) is 5.10. The number of nitrogens with zero attached hydrogens (tertiary/aromatic N) is 1. The Balaban J connectivity index is 1.75. The zero-order valence-electron chi connectivity index (χ0n) is 28.1. The zero-order valence-corrected chi connectivity index (χ0v) is 28.1. The Hall–Kier alpha value is -3.71. The Morgan fingerprint density at radius 2 is 1.30 bits per heavy atom. The van der Waals surface area contributed by atoms with Crippen LogP contribution in [-0.2, 0) is 49.3 Å². The number of hydrogen-bond donors (Lipinski definition) is 4. The smallest absolute Gasteiger partial charge is 0.345 e. The van der Waals surface area contributed by atoms with Crippen LogP contribution in [0, 0.1) is 5.92 Å². The molecule has 0 aliphatic carbocycles. The van der Waals surface area contributed by atoms with Gasteiger partial charge in [-0.2, -0.15) is 17.6 Å². The minimum Gasteiger partial charge on any atom is -0.379 e. The normalized spacial score (nSPS) is 20.1. The fraction of sp³-hybridized carbons (Fsp3) is 0.656. The highest BCUT2D eigenvalue weighted by molar-refractivity contribution is 5.99. The molecular weight excluding hydrogens is 674 g/mol. The summed E-state index contributed by atoms with van der Waals surface area (Å²) in [6, 6.07) is 2.70. The number of amides is 4. The molecular formula is C32H45F4N5O9. The van der Waals surface area contributed by atoms with Crippen LogP contribution in [0.1, 0.15) is 32.8 Å². The van der Waals surface area contributed by atoms with Crippen LogP contribution in [0.15, 0.2) is 30.3 Å². The number of ketones is 1. The third-order valence-electron chi connectivity index (χ3n) is 7.89. The molecule has 3 rings (SSSR count). The first-order chi connectivity index (χ1) is 23.7. The van der Waals surface area contributed by atoms with Crippen molar-refractivity contribution in [3.05, 3.63) is 35.9 Å². The Kier molecular flexibility index (Phi) is 16.0. The molecule has 280 valence electrons. The largest absolute Gasteiger partial charge is 0.379 e. The number of morpholine rings is 1. The number of rotatable bonds is 21. The number of epoxide rings is 1. The second-order valence-electron chi connectivity index (χ2n) is 12.6. The molecule has 0 aromatic heterocycles. The van der Waals surface area contributed by atoms with Gasteiger partial charge >= 0.3 is 13.2 Å². The van der Waals surface area contributed by atoms with Crippen molar-refractivity contribution in [2.24, 2.45) is 5.92 Å². The van der Waals surface area contributed by atoms with Crippen molar-refractivity contribution in [2.45, 2.75) is 76.6 Å². The topological polar surface area (TPSA) is 177 Å². The van der Waals surface area contributed by atoms with Gasteiger partial charge in [-0.25, -0.2) is 0 Å². The maximum Gasteiger partial charge on any atom is 0.345 e. The molecule has 1 aromatic rings. The number of alkyl halides is 4. The molecule has 2 heterocycles. The SMILES string of the molecule is CC(C)C[C@H](NC(=O)[C@H](COC(F)F)NC(=O)CN1CCOCC1)C(=O)N[C@@H](COC(F)F)C(=O)N[C@@H](Cc1ccccc1)C(=O)[C@]1(C)CO1. The maximum absolute atomic E-state index is 13.5. The fourth-order valence-corrected chi connectivity index (χ4v) is 5.10. The number of benzene rings is 1. The summed E-state index contributed by atoms with van der Waals surface area (Å²) in [4.78, 5) is 68.0. The first-order valence-electron chi connectivity index (χ1n) is 16.2. The van der Waals surface area contributed by atoms with Crippen molar-refractivity contribution in [1.29, 1.82) is 0 Å². The van der Waals surface area contributed by atoms with Crippen LogP contribution in [0.3, 0.4) is 0 Å². The Labute approximate surface area is 287 Å². The van der Waals surface area contributed by atoms with Gasteiger partial charge in [-0.15, -0.1) is 0 Å². The summed E-state index contributed by atoms with van der Waals surface area (Å²) in [6.45, 7) is -1.94. The molecule has 5 atom stereocenters. The average Bonchev–Trinajstić information content (AvgIpc) is 3.82. The van der Waals surface area contributed by atoms with Crippen LogP contribution in [0.5, 0.6) is 0 Å². The molecule has 50 heavy (non-hydrogen) atoms. The summed E-state index contributed by atoms with van der Waals surface area (Å²) in [5, 5.41) is 9.57. The number of ether oxygens (including phenoxy) is 4. The van der Waals surface area contributed by atoms with Crippen LogP contribution in [0.4, 0.5) is 17.6 Å². The summed E-state index contributed by atoms with van der Waals surface area (Å²) in [7, 11) is 0. The van der Waals surface area contributed by atoms with E-state index in [4.69, 9.17) is 9.47 Å². The van der Waals surface area contributed by atoms with Gasteiger partial charge in [0.2, 0.25) is 23.6 Å². The molecule has 4 amide bonds. The lowest BCUT2D eigenvalue weighted by Gasteiger charge is -2.28. The van der Waals surface area contributed by atoms with Crippen molar-refractivity contribution in [2.75, 3.05) is 52.7 Å². The first kappa shape index (κ1) is 40.7. The van der Waals surface area contributed by atoms with Gasteiger partial charge < -0.3 is 40.2 Å². The lowest BCUT2D eigenvalue weighted by molar-refractivity contribution is -0.150. The predicted octanol–water partition coefficient (Wildman–Crippen LogP) is 0.383. The maximum atomic E-state index is 13.5. The molecule has 2 aliphatic heterocycles. The van der Waals surface area contributed by atoms with Crippen molar-refractivity contribution < 1.29 is 60.5 Å². The van der Waals surface area contributed by atoms with Gasteiger partial charge in [0.15, 0.2) is 5.78 Å². The number of carbonyl (C=O) groups excluding carboxylic acids is 5. The van der Waals surface area contributed by atoms with E-state index in [0.717, 1.165) is 0 Å². The van der Waals surface area contributed by atoms with E-state index < -0.39 is 85.6 Å². The Morgan fingerprint density at radius 3 is 1.82 bits per heavy atom. The number of Topliss-reactive ketones (excluding diaryl/α,β-unsaturated/α-hetero) is 1. The van der Waals surface area contributed by atoms with E-state index >= 15 is 0 Å². The van der Waals surface area contributed by atoms with Gasteiger partial charge in [-0.3, -0.25) is 28.9 Å². The second-order valence-corrected chi connectivity index (χ2v) is 12.6. The molecule has 2 aliphatic rings. The minimum absolute atomic E-state index is 0.0338. The highest BCUT2D eigenvalue weighted by Crippen LogP contribution is 2.29. The Bertz CT molecular complexity index is 1280. The predicted molar refractivity (Wildman–Crippen MR) is 168 cm³/mol. The standard InChI is InChI=1S/C32H45F4N5O9/c1-19(2)13-22(39-28(45)23(16-48-30(33)34)37-25(42)15-41-9-11-47-12-10-41)27(44)40-24(17-49-31(35)36)29(46)38-21(26(43)32(3)18-50-32)14-20-7-5-4-6-8-20/h4-8,19,21-24,30-31H,9-18H2,1-3H3,(H,37,42)(H,38,46)(H,39,45)(H,40,44)/t21-,22-,23-,24-,32-/m0/s1. The van der Waals surface area contributed by atoms with Crippen LogP contribution in [0.25, 0.3) is 0 Å². The third-order valence-corrected chi connectivity index (χ3v) is 7.89. The molecule has 0 spiro atoms. The van der Waals surface area contributed by atoms with Crippen LogP contribution in [0.2, 0.25) is 0 Å². The molecule has 14 nitrogen and oxygen atoms in total. The quantitative estimate of drug-likeness (QED) is 0.103. The van der Waals surface area contributed by atoms with Crippen molar-refractivity contribution in [3.8, 4) is 0 Å². The van der Waals surface area contributed by atoms with Gasteiger partial charge in [-0.05, 0) is 31.2 Å². The van der Waals surface area contributed by atoms with Gasteiger partial charge in [0.1, 0.15) is 23.7 Å². The number of halogens is 4. The number of carbonyl (C=O) groups is 5. The van der Waals surface area contributed by atoms with Crippen LogP contribution < -0.4 is 21.3 Å². The summed E-state index contributed by atoms with van der Waals surface area (Å²) >= 11 is 0. The first-order valence-corrected chi connectivity index (χ1v) is 16.2. The number of nitrogens with one attached hydrogen (secondary N) is 4. The molecule has 0 bridgehead atoms. The van der Waals surface area contributed by atoms with Gasteiger partial charge in [0, 0.05) is 13.1 Å². The van der Waals surface area contributed by atoms with Crippen molar-refractivity contribution in [3.63, 3.8) is 0 Å². The molecule has 0 saturated carbocycles. The molecule has 4 N–H and O–H groups in total. The van der Waals surface area contributed by atoms with Crippen molar-refractivity contribution in [1.82, 2.24) is 26.2 Å². The molecule has 2 fully saturated rings. The highest BCUT2D eigenvalue weighted by atomic mass is 19.3. The van der Waals surface area contributed by atoms with E-state index in [1.54, 1.807) is 56.0 Å². The molecule has 0 unspecified atom stereocenters. The number of hydrogen-bond acceptors (Lipinski definition) is 10. The van der Waals surface area contributed by atoms with Crippen molar-refractivity contribution >= 4 is 29.4 Å². The molecule has 0 radical (unpaired) electrons. The minimum atomic E-state index is -3.31. The Morgan fingerprint density at radius 1 is 0.800 bits per heavy atom. The monoisotopic (exact) mass is 719 g/mol. The average molecular weight is 720 g/mol. The van der Waals surface area contributed by atoms with Gasteiger partial charge in [-0.1, -0.05) is 44.2 Å². The van der Waals surface area contributed by atoms with E-state index in [0.29, 0.717) is 31.9 Å². The summed E-state index contributed by atoms with van der Waals surface area (Å²) < 4.78 is 71.2. The van der Waals surface area contributed by atoms with Crippen LogP contribution in [-0.4, -0.2) is 130 Å². The summed E-state index contributed by atoms with van der Waals surface area (Å²) in [5.41, 5.74) is -0.471. The lowest BCUT2D eigenvalue weighted by atomic mass is 9.94. The van der Waals surface area contributed by atoms with E-state index in [-0.39, 0.29) is 31.9 Å². The highest BCUT2D eigenvalue weighted by Gasteiger charge is 2.50. The van der Waals surface area contributed by atoms with E-state index in [2.05, 4.69) is 30.7 Å². The molecule has 18 heteroatoms. The van der Waals surface area contributed by atoms with Gasteiger partial charge in [0.05, 0.1) is 45.6 Å². The lowest BCUT2D eigenvalue weighted by Crippen LogP contribution is -2.60.